The number of ether oxygens (including phenoxy) is 1. The number of hydrogen-bond acceptors (Lipinski definition) is 6. The van der Waals surface area contributed by atoms with E-state index in [1.54, 1.807) is 5.51 Å². The summed E-state index contributed by atoms with van der Waals surface area (Å²) in [5.41, 5.74) is 2.40. The van der Waals surface area contributed by atoms with Gasteiger partial charge in [0.15, 0.2) is 0 Å². The van der Waals surface area contributed by atoms with Gasteiger partial charge in [0.2, 0.25) is 0 Å². The molecule has 17 heavy (non-hydrogen) atoms. The molecule has 1 unspecified atom stereocenters. The van der Waals surface area contributed by atoms with Gasteiger partial charge in [-0.25, -0.2) is 14.8 Å². The Morgan fingerprint density at radius 1 is 1.65 bits per heavy atom. The molecule has 0 amide bonds. The van der Waals surface area contributed by atoms with Crippen molar-refractivity contribution in [1.82, 2.24) is 9.97 Å². The summed E-state index contributed by atoms with van der Waals surface area (Å²) >= 11 is 2.60. The lowest BCUT2D eigenvalue weighted by atomic mass is 10.1. The van der Waals surface area contributed by atoms with Crippen LogP contribution in [0, 0.1) is 0 Å². The summed E-state index contributed by atoms with van der Waals surface area (Å²) in [6.07, 6.45) is 0. The minimum absolute atomic E-state index is 0.244. The minimum Gasteiger partial charge on any atom is -0.477 e. The SMILES string of the molecule is CC1(c2nc(-c3cscn3)sc2C(=O)O)CO1. The van der Waals surface area contributed by atoms with Crippen molar-refractivity contribution in [2.75, 3.05) is 6.61 Å². The highest BCUT2D eigenvalue weighted by Crippen LogP contribution is 2.42. The zero-order valence-corrected chi connectivity index (χ0v) is 10.5. The molecule has 1 N–H and O–H groups in total. The third-order valence-electron chi connectivity index (χ3n) is 2.55. The standard InChI is InChI=1S/C10H8N2O3S2/c1-10(3-15-10)7-6(9(13)14)17-8(12-7)5-2-16-4-11-5/h2,4H,3H2,1H3,(H,13,14). The van der Waals surface area contributed by atoms with Crippen molar-refractivity contribution in [3.8, 4) is 10.7 Å². The van der Waals surface area contributed by atoms with E-state index in [9.17, 15) is 4.79 Å². The average Bonchev–Trinajstić information content (AvgIpc) is 2.79. The lowest BCUT2D eigenvalue weighted by Crippen LogP contribution is -2.09. The first-order valence-corrected chi connectivity index (χ1v) is 6.63. The maximum atomic E-state index is 11.2. The Morgan fingerprint density at radius 3 is 2.94 bits per heavy atom. The molecule has 1 aliphatic rings. The third-order valence-corrected chi connectivity index (χ3v) is 4.20. The number of aromatic carboxylic acids is 1. The van der Waals surface area contributed by atoms with E-state index in [0.717, 1.165) is 17.0 Å². The molecule has 0 spiro atoms. The number of aromatic nitrogens is 2. The Bertz CT molecular complexity index is 572. The van der Waals surface area contributed by atoms with Crippen molar-refractivity contribution in [3.05, 3.63) is 21.5 Å². The highest BCUT2D eigenvalue weighted by atomic mass is 32.1. The Balaban J connectivity index is 2.12. The fraction of sp³-hybridized carbons (Fsp3) is 0.300. The third kappa shape index (κ3) is 1.76. The number of carbonyl (C=O) groups is 1. The molecule has 1 aliphatic heterocycles. The zero-order valence-electron chi connectivity index (χ0n) is 8.84. The van der Waals surface area contributed by atoms with Crippen LogP contribution in [0.2, 0.25) is 0 Å². The van der Waals surface area contributed by atoms with E-state index in [1.165, 1.54) is 11.3 Å². The second-order valence-corrected chi connectivity index (χ2v) is 5.61. The summed E-state index contributed by atoms with van der Waals surface area (Å²) in [4.78, 5) is 19.9. The van der Waals surface area contributed by atoms with E-state index >= 15 is 0 Å². The van der Waals surface area contributed by atoms with Crippen LogP contribution in [-0.2, 0) is 10.3 Å². The molecule has 2 aromatic heterocycles. The molecule has 3 heterocycles. The van der Waals surface area contributed by atoms with Crippen LogP contribution in [0.1, 0.15) is 22.3 Å². The molecule has 2 aromatic rings. The number of thiazole rings is 2. The summed E-state index contributed by atoms with van der Waals surface area (Å²) in [5, 5.41) is 11.7. The second-order valence-electron chi connectivity index (χ2n) is 3.90. The number of carboxylic acids is 1. The topological polar surface area (TPSA) is 75.6 Å². The van der Waals surface area contributed by atoms with E-state index in [0.29, 0.717) is 17.3 Å². The first-order chi connectivity index (χ1) is 8.10. The Kier molecular flexibility index (Phi) is 2.29. The van der Waals surface area contributed by atoms with Gasteiger partial charge in [0.1, 0.15) is 26.9 Å². The highest BCUT2D eigenvalue weighted by Gasteiger charge is 2.46. The second kappa shape index (κ2) is 3.59. The van der Waals surface area contributed by atoms with E-state index in [1.807, 2.05) is 12.3 Å². The van der Waals surface area contributed by atoms with Crippen molar-refractivity contribution in [3.63, 3.8) is 0 Å². The zero-order chi connectivity index (χ0) is 12.0. The van der Waals surface area contributed by atoms with Crippen molar-refractivity contribution in [1.29, 1.82) is 0 Å². The van der Waals surface area contributed by atoms with Crippen LogP contribution in [0.4, 0.5) is 0 Å². The predicted molar refractivity (Wildman–Crippen MR) is 63.5 cm³/mol. The quantitative estimate of drug-likeness (QED) is 0.864. The van der Waals surface area contributed by atoms with Gasteiger partial charge in [0.05, 0.1) is 12.1 Å². The fourth-order valence-electron chi connectivity index (χ4n) is 1.50. The first-order valence-electron chi connectivity index (χ1n) is 4.87. The summed E-state index contributed by atoms with van der Waals surface area (Å²) in [5.74, 6) is -0.962. The van der Waals surface area contributed by atoms with E-state index in [2.05, 4.69) is 9.97 Å². The first kappa shape index (κ1) is 10.8. The molecular weight excluding hydrogens is 260 g/mol. The molecule has 0 radical (unpaired) electrons. The molecule has 1 atom stereocenters. The largest absolute Gasteiger partial charge is 0.477 e. The van der Waals surface area contributed by atoms with Crippen LogP contribution < -0.4 is 0 Å². The molecular formula is C10H8N2O3S2. The van der Waals surface area contributed by atoms with Gasteiger partial charge in [-0.1, -0.05) is 0 Å². The Hall–Kier alpha value is -1.31. The van der Waals surface area contributed by atoms with Crippen molar-refractivity contribution < 1.29 is 14.6 Å². The monoisotopic (exact) mass is 268 g/mol. The number of hydrogen-bond donors (Lipinski definition) is 1. The van der Waals surface area contributed by atoms with Crippen molar-refractivity contribution in [2.45, 2.75) is 12.5 Å². The molecule has 0 aliphatic carbocycles. The molecule has 0 saturated carbocycles. The number of epoxide rings is 1. The fourth-order valence-corrected chi connectivity index (χ4v) is 3.10. The highest BCUT2D eigenvalue weighted by molar-refractivity contribution is 7.17. The maximum absolute atomic E-state index is 11.2. The Morgan fingerprint density at radius 2 is 2.41 bits per heavy atom. The van der Waals surface area contributed by atoms with Gasteiger partial charge in [-0.2, -0.15) is 0 Å². The van der Waals surface area contributed by atoms with Gasteiger partial charge in [-0.15, -0.1) is 22.7 Å². The summed E-state index contributed by atoms with van der Waals surface area (Å²) < 4.78 is 5.27. The number of carboxylic acid groups (broad SMARTS) is 1. The van der Waals surface area contributed by atoms with Crippen molar-refractivity contribution in [2.24, 2.45) is 0 Å². The summed E-state index contributed by atoms with van der Waals surface area (Å²) in [7, 11) is 0. The molecule has 5 nitrogen and oxygen atoms in total. The maximum Gasteiger partial charge on any atom is 0.347 e. The number of nitrogens with zero attached hydrogens (tertiary/aromatic N) is 2. The molecule has 3 rings (SSSR count). The van der Waals surface area contributed by atoms with E-state index in [4.69, 9.17) is 9.84 Å². The number of rotatable bonds is 3. The Labute approximate surface area is 105 Å². The molecule has 1 fully saturated rings. The molecule has 1 saturated heterocycles. The van der Waals surface area contributed by atoms with Crippen molar-refractivity contribution >= 4 is 28.6 Å². The van der Waals surface area contributed by atoms with Crippen LogP contribution >= 0.6 is 22.7 Å². The van der Waals surface area contributed by atoms with Gasteiger partial charge in [-0.05, 0) is 6.92 Å². The minimum atomic E-state index is -0.962. The van der Waals surface area contributed by atoms with Gasteiger partial charge in [0.25, 0.3) is 0 Å². The van der Waals surface area contributed by atoms with Gasteiger partial charge >= 0.3 is 5.97 Å². The van der Waals surface area contributed by atoms with Crippen LogP contribution in [0.15, 0.2) is 10.9 Å². The van der Waals surface area contributed by atoms with Crippen LogP contribution in [-0.4, -0.2) is 27.7 Å². The van der Waals surface area contributed by atoms with Gasteiger partial charge < -0.3 is 9.84 Å². The smallest absolute Gasteiger partial charge is 0.347 e. The molecule has 0 aromatic carbocycles. The lowest BCUT2D eigenvalue weighted by molar-refractivity contribution is 0.0698. The predicted octanol–water partition coefficient (Wildman–Crippen LogP) is 2.21. The summed E-state index contributed by atoms with van der Waals surface area (Å²) in [6.45, 7) is 2.37. The van der Waals surface area contributed by atoms with E-state index < -0.39 is 11.6 Å². The van der Waals surface area contributed by atoms with Gasteiger partial charge in [0, 0.05) is 5.38 Å². The van der Waals surface area contributed by atoms with Crippen LogP contribution in [0.3, 0.4) is 0 Å². The lowest BCUT2D eigenvalue weighted by Gasteiger charge is -2.00. The molecule has 88 valence electrons. The van der Waals surface area contributed by atoms with Crippen LogP contribution in [0.5, 0.6) is 0 Å². The van der Waals surface area contributed by atoms with Crippen LogP contribution in [0.25, 0.3) is 10.7 Å². The van der Waals surface area contributed by atoms with Gasteiger partial charge in [-0.3, -0.25) is 0 Å². The summed E-state index contributed by atoms with van der Waals surface area (Å²) in [6, 6.07) is 0. The molecule has 0 bridgehead atoms. The normalized spacial score (nSPS) is 22.6. The molecule has 7 heteroatoms. The van der Waals surface area contributed by atoms with E-state index in [-0.39, 0.29) is 4.88 Å². The average molecular weight is 268 g/mol.